The van der Waals surface area contributed by atoms with E-state index in [9.17, 15) is 12.8 Å². The van der Waals surface area contributed by atoms with Crippen LogP contribution < -0.4 is 9.46 Å². The zero-order valence-corrected chi connectivity index (χ0v) is 17.9. The molecule has 2 aromatic carbocycles. The van der Waals surface area contributed by atoms with E-state index in [0.717, 1.165) is 11.3 Å². The van der Waals surface area contributed by atoms with Crippen LogP contribution in [0.5, 0.6) is 5.75 Å². The van der Waals surface area contributed by atoms with E-state index in [0.29, 0.717) is 28.5 Å². The first-order chi connectivity index (χ1) is 14.4. The number of benzene rings is 2. The molecule has 156 valence electrons. The average molecular weight is 447 g/mol. The van der Waals surface area contributed by atoms with Crippen LogP contribution in [0.2, 0.25) is 0 Å². The SMILES string of the molecule is COc1ccc(S(=O)(=O)NCCc2csc3nc(-c4cccc(F)c4)nn23)cc1C. The van der Waals surface area contributed by atoms with Gasteiger partial charge in [0.1, 0.15) is 11.6 Å². The van der Waals surface area contributed by atoms with Gasteiger partial charge in [-0.05, 0) is 42.8 Å². The first-order valence-corrected chi connectivity index (χ1v) is 11.5. The topological polar surface area (TPSA) is 85.6 Å². The molecule has 7 nitrogen and oxygen atoms in total. The predicted octanol–water partition coefficient (Wildman–Crippen LogP) is 3.43. The van der Waals surface area contributed by atoms with Gasteiger partial charge in [0.2, 0.25) is 15.0 Å². The van der Waals surface area contributed by atoms with Gasteiger partial charge in [0.05, 0.1) is 17.7 Å². The van der Waals surface area contributed by atoms with Gasteiger partial charge < -0.3 is 4.74 Å². The van der Waals surface area contributed by atoms with Gasteiger partial charge in [-0.2, -0.15) is 4.98 Å². The molecule has 0 aliphatic carbocycles. The minimum atomic E-state index is -3.65. The second-order valence-corrected chi connectivity index (χ2v) is 9.25. The van der Waals surface area contributed by atoms with Crippen LogP contribution in [0.4, 0.5) is 4.39 Å². The van der Waals surface area contributed by atoms with Crippen LogP contribution >= 0.6 is 11.3 Å². The maximum Gasteiger partial charge on any atom is 0.240 e. The molecule has 30 heavy (non-hydrogen) atoms. The van der Waals surface area contributed by atoms with Crippen molar-refractivity contribution in [3.8, 4) is 17.1 Å². The number of nitrogens with one attached hydrogen (secondary N) is 1. The Morgan fingerprint density at radius 3 is 2.80 bits per heavy atom. The summed E-state index contributed by atoms with van der Waals surface area (Å²) in [5.41, 5.74) is 2.15. The highest BCUT2D eigenvalue weighted by Crippen LogP contribution is 2.23. The van der Waals surface area contributed by atoms with Crippen molar-refractivity contribution in [2.24, 2.45) is 0 Å². The summed E-state index contributed by atoms with van der Waals surface area (Å²) >= 11 is 1.40. The molecule has 2 aromatic heterocycles. The van der Waals surface area contributed by atoms with Crippen molar-refractivity contribution in [1.29, 1.82) is 0 Å². The number of methoxy groups -OCH3 is 1. The van der Waals surface area contributed by atoms with Crippen LogP contribution in [0.25, 0.3) is 16.3 Å². The number of hydrogen-bond acceptors (Lipinski definition) is 6. The normalized spacial score (nSPS) is 11.8. The summed E-state index contributed by atoms with van der Waals surface area (Å²) in [6.45, 7) is 2.00. The Hall–Kier alpha value is -2.82. The minimum absolute atomic E-state index is 0.186. The van der Waals surface area contributed by atoms with Crippen molar-refractivity contribution in [1.82, 2.24) is 19.3 Å². The zero-order valence-electron chi connectivity index (χ0n) is 16.3. The van der Waals surface area contributed by atoms with Gasteiger partial charge in [-0.15, -0.1) is 16.4 Å². The summed E-state index contributed by atoms with van der Waals surface area (Å²) in [6.07, 6.45) is 0.431. The molecule has 0 aliphatic heterocycles. The quantitative estimate of drug-likeness (QED) is 0.470. The molecular weight excluding hydrogens is 427 g/mol. The third kappa shape index (κ3) is 4.07. The summed E-state index contributed by atoms with van der Waals surface area (Å²) in [6, 6.07) is 10.8. The fourth-order valence-electron chi connectivity index (χ4n) is 3.06. The molecule has 0 fully saturated rings. The lowest BCUT2D eigenvalue weighted by Gasteiger charge is -2.09. The molecule has 0 aliphatic rings. The fourth-order valence-corrected chi connectivity index (χ4v) is 5.03. The summed E-state index contributed by atoms with van der Waals surface area (Å²) in [5.74, 6) is 0.709. The van der Waals surface area contributed by atoms with Gasteiger partial charge in [0, 0.05) is 23.9 Å². The summed E-state index contributed by atoms with van der Waals surface area (Å²) in [7, 11) is -2.10. The lowest BCUT2D eigenvalue weighted by atomic mass is 10.2. The molecule has 0 amide bonds. The van der Waals surface area contributed by atoms with E-state index in [1.54, 1.807) is 42.8 Å². The van der Waals surface area contributed by atoms with Gasteiger partial charge in [-0.1, -0.05) is 12.1 Å². The standard InChI is InChI=1S/C20H19FN4O3S2/c1-13-10-17(6-7-18(13)28-2)30(26,27)22-9-8-16-12-29-20-23-19(24-25(16)20)14-4-3-5-15(21)11-14/h3-7,10-12,22H,8-9H2,1-2H3. The van der Waals surface area contributed by atoms with Crippen LogP contribution in [0.1, 0.15) is 11.3 Å². The smallest absolute Gasteiger partial charge is 0.240 e. The number of thiazole rings is 1. The molecule has 0 saturated heterocycles. The van der Waals surface area contributed by atoms with Crippen LogP contribution in [0.3, 0.4) is 0 Å². The Morgan fingerprint density at radius 1 is 1.23 bits per heavy atom. The molecule has 0 spiro atoms. The summed E-state index contributed by atoms with van der Waals surface area (Å²) < 4.78 is 48.1. The van der Waals surface area contributed by atoms with E-state index in [-0.39, 0.29) is 17.3 Å². The zero-order chi connectivity index (χ0) is 21.3. The highest BCUT2D eigenvalue weighted by molar-refractivity contribution is 7.89. The Morgan fingerprint density at radius 2 is 2.07 bits per heavy atom. The van der Waals surface area contributed by atoms with E-state index in [2.05, 4.69) is 14.8 Å². The lowest BCUT2D eigenvalue weighted by molar-refractivity contribution is 0.411. The average Bonchev–Trinajstić information content (AvgIpc) is 3.29. The number of hydrogen-bond donors (Lipinski definition) is 1. The van der Waals surface area contributed by atoms with Gasteiger partial charge in [0.15, 0.2) is 5.82 Å². The van der Waals surface area contributed by atoms with Crippen LogP contribution in [-0.4, -0.2) is 36.7 Å². The van der Waals surface area contributed by atoms with Gasteiger partial charge in [0.25, 0.3) is 0 Å². The van der Waals surface area contributed by atoms with E-state index in [4.69, 9.17) is 4.74 Å². The molecule has 1 N–H and O–H groups in total. The molecule has 10 heteroatoms. The van der Waals surface area contributed by atoms with E-state index >= 15 is 0 Å². The molecule has 0 saturated carbocycles. The van der Waals surface area contributed by atoms with Crippen molar-refractivity contribution in [3.05, 3.63) is 64.9 Å². The first kappa shape index (κ1) is 20.5. The van der Waals surface area contributed by atoms with Gasteiger partial charge in [-0.25, -0.2) is 22.0 Å². The third-order valence-electron chi connectivity index (χ3n) is 4.58. The van der Waals surface area contributed by atoms with Crippen molar-refractivity contribution in [2.45, 2.75) is 18.2 Å². The maximum absolute atomic E-state index is 13.5. The highest BCUT2D eigenvalue weighted by atomic mass is 32.2. The molecule has 2 heterocycles. The highest BCUT2D eigenvalue weighted by Gasteiger charge is 2.16. The summed E-state index contributed by atoms with van der Waals surface area (Å²) in [5, 5.41) is 6.33. The molecule has 0 radical (unpaired) electrons. The third-order valence-corrected chi connectivity index (χ3v) is 6.91. The monoisotopic (exact) mass is 446 g/mol. The molecular formula is C20H19FN4O3S2. The molecule has 0 unspecified atom stereocenters. The van der Waals surface area contributed by atoms with E-state index < -0.39 is 10.0 Å². The number of aryl methyl sites for hydroxylation is 1. The number of sulfonamides is 1. The fraction of sp³-hybridized carbons (Fsp3) is 0.200. The Kier molecular flexibility index (Phi) is 5.54. The molecule has 4 aromatic rings. The Labute approximate surface area is 177 Å². The summed E-state index contributed by atoms with van der Waals surface area (Å²) in [4.78, 5) is 5.28. The van der Waals surface area contributed by atoms with Crippen molar-refractivity contribution >= 4 is 26.3 Å². The number of nitrogens with zero attached hydrogens (tertiary/aromatic N) is 3. The molecule has 0 atom stereocenters. The Bertz CT molecular complexity index is 1310. The van der Waals surface area contributed by atoms with Crippen LogP contribution in [-0.2, 0) is 16.4 Å². The number of rotatable bonds is 7. The van der Waals surface area contributed by atoms with Crippen molar-refractivity contribution in [2.75, 3.05) is 13.7 Å². The van der Waals surface area contributed by atoms with Gasteiger partial charge >= 0.3 is 0 Å². The van der Waals surface area contributed by atoms with E-state index in [1.807, 2.05) is 5.38 Å². The van der Waals surface area contributed by atoms with E-state index in [1.165, 1.54) is 29.5 Å². The number of halogens is 1. The lowest BCUT2D eigenvalue weighted by Crippen LogP contribution is -2.26. The predicted molar refractivity (Wildman–Crippen MR) is 113 cm³/mol. The number of aromatic nitrogens is 3. The molecule has 4 rings (SSSR count). The number of ether oxygens (including phenoxy) is 1. The first-order valence-electron chi connectivity index (χ1n) is 9.11. The second kappa shape index (κ2) is 8.13. The largest absolute Gasteiger partial charge is 0.496 e. The Balaban J connectivity index is 1.48. The van der Waals surface area contributed by atoms with Crippen LogP contribution in [0, 0.1) is 12.7 Å². The van der Waals surface area contributed by atoms with Crippen LogP contribution in [0.15, 0.2) is 52.7 Å². The molecule has 0 bridgehead atoms. The second-order valence-electron chi connectivity index (χ2n) is 6.65. The van der Waals surface area contributed by atoms with Gasteiger partial charge in [-0.3, -0.25) is 0 Å². The maximum atomic E-state index is 13.5. The van der Waals surface area contributed by atoms with Crippen molar-refractivity contribution in [3.63, 3.8) is 0 Å². The minimum Gasteiger partial charge on any atom is -0.496 e. The number of fused-ring (bicyclic) bond motifs is 1. The van der Waals surface area contributed by atoms with Crippen molar-refractivity contribution < 1.29 is 17.5 Å².